The molecule has 2 N–H and O–H groups in total. The highest BCUT2D eigenvalue weighted by Crippen LogP contribution is 2.34. The van der Waals surface area contributed by atoms with Crippen LogP contribution in [0.15, 0.2) is 36.4 Å². The molecule has 1 aromatic heterocycles. The van der Waals surface area contributed by atoms with Crippen molar-refractivity contribution in [2.45, 2.75) is 31.6 Å². The van der Waals surface area contributed by atoms with Gasteiger partial charge in [-0.3, -0.25) is 9.89 Å². The Labute approximate surface area is 213 Å². The van der Waals surface area contributed by atoms with Crippen LogP contribution in [-0.4, -0.2) is 59.0 Å². The smallest absolute Gasteiger partial charge is 0.330 e. The summed E-state index contributed by atoms with van der Waals surface area (Å²) in [7, 11) is 0. The Balaban J connectivity index is 1.28. The van der Waals surface area contributed by atoms with Gasteiger partial charge in [-0.1, -0.05) is 11.6 Å². The number of hydrogen-bond acceptors (Lipinski definition) is 6. The number of likely N-dealkylation sites (tertiary alicyclic amines) is 1. The van der Waals surface area contributed by atoms with Gasteiger partial charge >= 0.3 is 12.1 Å². The minimum absolute atomic E-state index is 0.0867. The van der Waals surface area contributed by atoms with Crippen molar-refractivity contribution in [1.82, 2.24) is 20.4 Å². The lowest BCUT2D eigenvalue weighted by molar-refractivity contribution is -0.203. The number of hydrogen-bond donors (Lipinski definition) is 2. The zero-order valence-corrected chi connectivity index (χ0v) is 20.1. The van der Waals surface area contributed by atoms with Crippen LogP contribution in [0.1, 0.15) is 28.9 Å². The van der Waals surface area contributed by atoms with Crippen molar-refractivity contribution in [2.24, 2.45) is 5.92 Å². The summed E-state index contributed by atoms with van der Waals surface area (Å²) in [4.78, 5) is 31.2. The number of hydroxylamine groups is 1. The summed E-state index contributed by atoms with van der Waals surface area (Å²) in [6.45, 7) is 1.88. The standard InChI is InChI=1S/C24H22ClF4N5O3/c25-14-1-4-18-17(11-14)19(32-31-18)7-10-33-8-5-13(6-9-33)21-30-22(35)16-3-2-15(26)12-20(16)34(21)37-23(36)24(27,28)29/h1-4,11-13,21H,5-10H2,(H,30,35)(H,31,32). The van der Waals surface area contributed by atoms with Crippen LogP contribution >= 0.6 is 11.6 Å². The van der Waals surface area contributed by atoms with E-state index in [0.29, 0.717) is 49.0 Å². The number of fused-ring (bicyclic) bond motifs is 2. The molecule has 37 heavy (non-hydrogen) atoms. The number of halogens is 5. The van der Waals surface area contributed by atoms with E-state index in [4.69, 9.17) is 11.6 Å². The van der Waals surface area contributed by atoms with E-state index in [1.165, 1.54) is 0 Å². The molecule has 13 heteroatoms. The molecule has 196 valence electrons. The number of anilines is 1. The Morgan fingerprint density at radius 3 is 2.65 bits per heavy atom. The average molecular weight is 540 g/mol. The molecule has 8 nitrogen and oxygen atoms in total. The fourth-order valence-electron chi connectivity index (χ4n) is 4.84. The molecule has 2 aromatic carbocycles. The Kier molecular flexibility index (Phi) is 6.71. The Morgan fingerprint density at radius 1 is 1.16 bits per heavy atom. The molecular formula is C24H22ClF4N5O3. The number of carbonyl (C=O) groups is 2. The molecule has 1 unspecified atom stereocenters. The Morgan fingerprint density at radius 2 is 1.92 bits per heavy atom. The van der Waals surface area contributed by atoms with E-state index < -0.39 is 30.0 Å². The number of carbonyl (C=O) groups excluding carboxylic acids is 2. The van der Waals surface area contributed by atoms with Gasteiger partial charge in [0.1, 0.15) is 12.0 Å². The lowest BCUT2D eigenvalue weighted by Gasteiger charge is -2.43. The number of aromatic amines is 1. The highest BCUT2D eigenvalue weighted by atomic mass is 35.5. The second-order valence-electron chi connectivity index (χ2n) is 9.07. The predicted octanol–water partition coefficient (Wildman–Crippen LogP) is 4.21. The number of rotatable bonds is 5. The quantitative estimate of drug-likeness (QED) is 0.472. The van der Waals surface area contributed by atoms with Crippen molar-refractivity contribution in [3.05, 3.63) is 58.5 Å². The summed E-state index contributed by atoms with van der Waals surface area (Å²) in [5.74, 6) is -4.15. The summed E-state index contributed by atoms with van der Waals surface area (Å²) >= 11 is 6.10. The third kappa shape index (κ3) is 5.21. The topological polar surface area (TPSA) is 90.6 Å². The zero-order valence-electron chi connectivity index (χ0n) is 19.3. The number of benzene rings is 2. The van der Waals surface area contributed by atoms with E-state index in [1.807, 2.05) is 12.1 Å². The molecular weight excluding hydrogens is 518 g/mol. The second-order valence-corrected chi connectivity index (χ2v) is 9.51. The van der Waals surface area contributed by atoms with Crippen molar-refractivity contribution in [2.75, 3.05) is 24.7 Å². The number of nitrogens with zero attached hydrogens (tertiary/aromatic N) is 3. The molecule has 0 radical (unpaired) electrons. The number of nitrogens with one attached hydrogen (secondary N) is 2. The van der Waals surface area contributed by atoms with E-state index >= 15 is 0 Å². The van der Waals surface area contributed by atoms with Gasteiger partial charge in [0.15, 0.2) is 0 Å². The first-order chi connectivity index (χ1) is 17.6. The molecule has 0 aliphatic carbocycles. The van der Waals surface area contributed by atoms with E-state index in [1.54, 1.807) is 6.07 Å². The van der Waals surface area contributed by atoms with Gasteiger partial charge in [-0.2, -0.15) is 23.3 Å². The van der Waals surface area contributed by atoms with E-state index in [2.05, 4.69) is 25.3 Å². The maximum atomic E-state index is 14.0. The van der Waals surface area contributed by atoms with Crippen LogP contribution in [0.3, 0.4) is 0 Å². The van der Waals surface area contributed by atoms with Crippen LogP contribution in [0.5, 0.6) is 0 Å². The predicted molar refractivity (Wildman–Crippen MR) is 126 cm³/mol. The van der Waals surface area contributed by atoms with Crippen LogP contribution < -0.4 is 10.4 Å². The van der Waals surface area contributed by atoms with Crippen LogP contribution in [-0.2, 0) is 16.1 Å². The summed E-state index contributed by atoms with van der Waals surface area (Å²) in [5, 5.41) is 12.2. The summed E-state index contributed by atoms with van der Waals surface area (Å²) < 4.78 is 52.9. The molecule has 3 aromatic rings. The minimum Gasteiger partial charge on any atom is -0.330 e. The van der Waals surface area contributed by atoms with E-state index in [9.17, 15) is 27.2 Å². The normalized spacial score (nSPS) is 19.1. The van der Waals surface area contributed by atoms with Crippen molar-refractivity contribution in [3.8, 4) is 0 Å². The Bertz CT molecular complexity index is 1340. The van der Waals surface area contributed by atoms with Gasteiger partial charge in [-0.15, -0.1) is 0 Å². The maximum Gasteiger partial charge on any atom is 0.493 e. The van der Waals surface area contributed by atoms with Gasteiger partial charge in [-0.05, 0) is 56.3 Å². The molecule has 0 spiro atoms. The molecule has 2 aliphatic rings. The van der Waals surface area contributed by atoms with Crippen LogP contribution in [0.4, 0.5) is 23.2 Å². The molecule has 1 amide bonds. The molecule has 5 rings (SSSR count). The molecule has 1 atom stereocenters. The number of aromatic nitrogens is 2. The fraction of sp³-hybridized carbons (Fsp3) is 0.375. The summed E-state index contributed by atoms with van der Waals surface area (Å²) in [5.41, 5.74) is 1.45. The van der Waals surface area contributed by atoms with E-state index in [0.717, 1.165) is 34.8 Å². The van der Waals surface area contributed by atoms with Crippen molar-refractivity contribution in [1.29, 1.82) is 0 Å². The maximum absolute atomic E-state index is 14.0. The number of piperidine rings is 1. The summed E-state index contributed by atoms with van der Waals surface area (Å²) in [6, 6.07) is 8.53. The van der Waals surface area contributed by atoms with Crippen LogP contribution in [0.25, 0.3) is 10.9 Å². The van der Waals surface area contributed by atoms with Crippen LogP contribution in [0.2, 0.25) is 5.02 Å². The molecule has 2 aliphatic heterocycles. The van der Waals surface area contributed by atoms with Gasteiger partial charge in [0.25, 0.3) is 5.91 Å². The molecule has 0 bridgehead atoms. The van der Waals surface area contributed by atoms with Gasteiger partial charge in [0.05, 0.1) is 22.5 Å². The number of H-pyrrole nitrogens is 1. The Hall–Kier alpha value is -3.38. The van der Waals surface area contributed by atoms with Crippen molar-refractivity contribution in [3.63, 3.8) is 0 Å². The second kappa shape index (κ2) is 9.82. The summed E-state index contributed by atoms with van der Waals surface area (Å²) in [6.07, 6.45) is -4.67. The van der Waals surface area contributed by atoms with Crippen molar-refractivity contribution >= 4 is 40.1 Å². The SMILES string of the molecule is O=C1NC(C2CCN(CCc3n[nH]c4ccc(Cl)cc34)CC2)N(OC(=O)C(F)(F)F)c2cc(F)ccc21. The third-order valence-electron chi connectivity index (χ3n) is 6.73. The highest BCUT2D eigenvalue weighted by Gasteiger charge is 2.46. The van der Waals surface area contributed by atoms with Gasteiger partial charge in [0, 0.05) is 35.4 Å². The highest BCUT2D eigenvalue weighted by molar-refractivity contribution is 6.31. The fourth-order valence-corrected chi connectivity index (χ4v) is 5.02. The first-order valence-electron chi connectivity index (χ1n) is 11.6. The van der Waals surface area contributed by atoms with Crippen molar-refractivity contribution < 1.29 is 32.0 Å². The van der Waals surface area contributed by atoms with Crippen LogP contribution in [0, 0.1) is 11.7 Å². The van der Waals surface area contributed by atoms with Gasteiger partial charge in [0.2, 0.25) is 0 Å². The minimum atomic E-state index is -5.26. The largest absolute Gasteiger partial charge is 0.493 e. The average Bonchev–Trinajstić information content (AvgIpc) is 3.26. The molecule has 1 saturated heterocycles. The first kappa shape index (κ1) is 25.3. The van der Waals surface area contributed by atoms with Gasteiger partial charge < -0.3 is 15.1 Å². The molecule has 1 fully saturated rings. The lowest BCUT2D eigenvalue weighted by Crippen LogP contribution is -2.59. The lowest BCUT2D eigenvalue weighted by atomic mass is 9.91. The van der Waals surface area contributed by atoms with Gasteiger partial charge in [-0.25, -0.2) is 9.18 Å². The number of amides is 1. The third-order valence-corrected chi connectivity index (χ3v) is 6.97. The molecule has 0 saturated carbocycles. The zero-order chi connectivity index (χ0) is 26.3. The molecule has 3 heterocycles. The monoisotopic (exact) mass is 539 g/mol. The van der Waals surface area contributed by atoms with E-state index in [-0.39, 0.29) is 17.2 Å². The number of alkyl halides is 3. The first-order valence-corrected chi connectivity index (χ1v) is 12.0.